The molecule has 3 heterocycles. The molecule has 3 aliphatic heterocycles. The van der Waals surface area contributed by atoms with Gasteiger partial charge in [0.05, 0.1) is 18.9 Å². The summed E-state index contributed by atoms with van der Waals surface area (Å²) in [7, 11) is 11.6. The van der Waals surface area contributed by atoms with E-state index in [1.807, 2.05) is 20.8 Å². The molecule has 3 aliphatic carbocycles. The van der Waals surface area contributed by atoms with E-state index in [-0.39, 0.29) is 95.6 Å². The minimum absolute atomic E-state index is 0.00163. The first-order valence-corrected chi connectivity index (χ1v) is 37.4. The van der Waals surface area contributed by atoms with E-state index in [9.17, 15) is 46.7 Å². The lowest BCUT2D eigenvalue weighted by molar-refractivity contribution is -0.182. The number of rotatable bonds is 14. The second kappa shape index (κ2) is 36.2. The van der Waals surface area contributed by atoms with Gasteiger partial charge < -0.3 is 60.0 Å². The molecular weight excluding hydrogens is 1320 g/mol. The van der Waals surface area contributed by atoms with Gasteiger partial charge in [-0.15, -0.1) is 11.6 Å². The van der Waals surface area contributed by atoms with Gasteiger partial charge in [-0.2, -0.15) is 13.2 Å². The highest BCUT2D eigenvalue weighted by Gasteiger charge is 2.52. The summed E-state index contributed by atoms with van der Waals surface area (Å²) in [5.41, 5.74) is -1.57. The molecule has 0 radical (unpaired) electrons. The number of carbonyl (C=O) groups excluding carboxylic acids is 12. The Kier molecular flexibility index (Phi) is 30.0. The molecule has 6 rings (SSSR count). The third-order valence-corrected chi connectivity index (χ3v) is 23.9. The van der Waals surface area contributed by atoms with Crippen molar-refractivity contribution >= 4 is 82.5 Å². The van der Waals surface area contributed by atoms with Crippen molar-refractivity contribution in [2.24, 2.45) is 35.5 Å². The maximum atomic E-state index is 15.5. The molecule has 0 aromatic rings. The normalized spacial score (nSPS) is 31.5. The second-order valence-corrected chi connectivity index (χ2v) is 31.1. The molecule has 0 aromatic heterocycles. The van der Waals surface area contributed by atoms with Crippen molar-refractivity contribution in [1.82, 2.24) is 60.0 Å². The average molecular weight is 1440 g/mol. The molecule has 3 N–H and O–H groups in total. The largest absolute Gasteiger partial charge is 0.393 e. The zero-order chi connectivity index (χ0) is 74.6. The van der Waals surface area contributed by atoms with Gasteiger partial charge in [0.1, 0.15) is 59.9 Å². The fraction of sp³-hybridized carbons (Fsp3) is 0.833. The zero-order valence-corrected chi connectivity index (χ0v) is 63.0. The lowest BCUT2D eigenvalue weighted by atomic mass is 9.78. The van der Waals surface area contributed by atoms with Crippen molar-refractivity contribution in [3.05, 3.63) is 0 Å². The van der Waals surface area contributed by atoms with Crippen molar-refractivity contribution in [3.63, 3.8) is 0 Å². The number of carbonyl (C=O) groups is 12. The molecule has 0 bridgehead atoms. The van der Waals surface area contributed by atoms with Gasteiger partial charge in [-0.1, -0.05) is 112 Å². The van der Waals surface area contributed by atoms with Gasteiger partial charge >= 0.3 is 6.18 Å². The molecule has 28 heteroatoms. The minimum atomic E-state index is -4.51. The number of nitrogens with zero attached hydrogens (tertiary/aromatic N) is 9. The van der Waals surface area contributed by atoms with E-state index in [0.29, 0.717) is 50.9 Å². The maximum Gasteiger partial charge on any atom is 0.393 e. The van der Waals surface area contributed by atoms with Crippen LogP contribution in [0, 0.1) is 35.5 Å². The summed E-state index contributed by atoms with van der Waals surface area (Å²) in [5, 5.41) is 7.61. The molecule has 3 saturated heterocycles. The molecule has 0 aromatic carbocycles. The van der Waals surface area contributed by atoms with E-state index < -0.39 is 173 Å². The number of alkyl halides is 4. The van der Waals surface area contributed by atoms with Crippen molar-refractivity contribution in [2.45, 2.75) is 274 Å². The first kappa shape index (κ1) is 82.7. The molecule has 24 nitrogen and oxygen atoms in total. The highest BCUT2D eigenvalue weighted by molar-refractivity contribution is 6.21. The van der Waals surface area contributed by atoms with Crippen molar-refractivity contribution in [2.75, 3.05) is 76.0 Å². The Hall–Kier alpha value is -6.28. The number of halogens is 4. The number of hydrogen-bond acceptors (Lipinski definition) is 12. The van der Waals surface area contributed by atoms with Crippen LogP contribution in [0.25, 0.3) is 0 Å². The number of unbranched alkanes of at least 4 members (excludes halogenated alkanes) is 2. The smallest absolute Gasteiger partial charge is 0.347 e. The SMILES string of the molecule is CCCCC[C@H]1C(=O)N[C@@H]([C@@H](C)CC)C(=O)N(C)[C@@H](C)C(=O)N2CC[C@H]2C(=O)N(C)[C@@H](CC2CCC(C)CC2)C(=O)N(C)CC(=O)N[C@@H](CCC2CCC(C(F)(F)F)C(Cl)C2)C(=O)N2CCC[C@H]2C(=O)NC2(CCCC2)C(=O)N(C)[C@@H]([C@@H](C)CC)C(=O)N(C)[C@H](C(=O)N(C)C)CC(=O)N1C. The van der Waals surface area contributed by atoms with Crippen LogP contribution < -0.4 is 16.0 Å². The Morgan fingerprint density at radius 2 is 1.24 bits per heavy atom. The summed E-state index contributed by atoms with van der Waals surface area (Å²) in [6.45, 7) is 12.5. The van der Waals surface area contributed by atoms with Crippen LogP contribution in [0.2, 0.25) is 0 Å². The number of fused-ring (bicyclic) bond motifs is 2. The van der Waals surface area contributed by atoms with Gasteiger partial charge in [0.25, 0.3) is 0 Å². The first-order chi connectivity index (χ1) is 47.0. The van der Waals surface area contributed by atoms with Gasteiger partial charge in [0.15, 0.2) is 0 Å². The van der Waals surface area contributed by atoms with Gasteiger partial charge in [0.2, 0.25) is 70.9 Å². The monoisotopic (exact) mass is 1430 g/mol. The summed E-state index contributed by atoms with van der Waals surface area (Å²) in [4.78, 5) is 191. The average Bonchev–Trinajstić information content (AvgIpc) is 1.38. The number of likely N-dealkylation sites (N-methyl/N-ethyl adjacent to an activating group) is 7. The van der Waals surface area contributed by atoms with Gasteiger partial charge in [-0.3, -0.25) is 57.5 Å². The molecule has 566 valence electrons. The van der Waals surface area contributed by atoms with Crippen LogP contribution in [0.5, 0.6) is 0 Å². The van der Waals surface area contributed by atoms with Gasteiger partial charge in [-0.25, -0.2) is 0 Å². The minimum Gasteiger partial charge on any atom is -0.347 e. The number of amides is 12. The Morgan fingerprint density at radius 3 is 1.81 bits per heavy atom. The van der Waals surface area contributed by atoms with Crippen LogP contribution in [0.15, 0.2) is 0 Å². The van der Waals surface area contributed by atoms with Gasteiger partial charge in [0, 0.05) is 74.8 Å². The predicted molar refractivity (Wildman–Crippen MR) is 372 cm³/mol. The van der Waals surface area contributed by atoms with Crippen molar-refractivity contribution in [3.8, 4) is 0 Å². The third kappa shape index (κ3) is 19.7. The Bertz CT molecular complexity index is 2910. The summed E-state index contributed by atoms with van der Waals surface area (Å²) in [5.74, 6) is -10.2. The van der Waals surface area contributed by atoms with Crippen LogP contribution >= 0.6 is 11.6 Å². The highest BCUT2D eigenvalue weighted by Crippen LogP contribution is 2.44. The van der Waals surface area contributed by atoms with E-state index in [2.05, 4.69) is 22.9 Å². The summed E-state index contributed by atoms with van der Waals surface area (Å²) in [6, 6.07) is -10.9. The topological polar surface area (TPSA) is 270 Å². The maximum absolute atomic E-state index is 15.5. The van der Waals surface area contributed by atoms with Crippen LogP contribution in [-0.4, -0.2) is 262 Å². The van der Waals surface area contributed by atoms with E-state index >= 15 is 24.0 Å². The summed E-state index contributed by atoms with van der Waals surface area (Å²) in [6.07, 6.45) is 3.56. The predicted octanol–water partition coefficient (Wildman–Crippen LogP) is 6.34. The fourth-order valence-electron chi connectivity index (χ4n) is 15.9. The van der Waals surface area contributed by atoms with Crippen LogP contribution in [-0.2, 0) is 57.5 Å². The second-order valence-electron chi connectivity index (χ2n) is 30.5. The molecule has 14 atom stereocenters. The van der Waals surface area contributed by atoms with E-state index in [1.54, 1.807) is 13.8 Å². The Morgan fingerprint density at radius 1 is 0.620 bits per heavy atom. The molecule has 1 spiro atoms. The molecule has 100 heavy (non-hydrogen) atoms. The Labute approximate surface area is 596 Å². The zero-order valence-electron chi connectivity index (χ0n) is 62.3. The summed E-state index contributed by atoms with van der Waals surface area (Å²) >= 11 is 6.41. The number of hydrogen-bond donors (Lipinski definition) is 3. The lowest BCUT2D eigenvalue weighted by Gasteiger charge is -2.45. The highest BCUT2D eigenvalue weighted by atomic mass is 35.5. The van der Waals surface area contributed by atoms with Gasteiger partial charge in [-0.05, 0) is 114 Å². The molecule has 3 unspecified atom stereocenters. The van der Waals surface area contributed by atoms with E-state index in [4.69, 9.17) is 11.6 Å². The molecule has 12 amide bonds. The van der Waals surface area contributed by atoms with Crippen LogP contribution in [0.4, 0.5) is 13.2 Å². The molecule has 3 saturated carbocycles. The quantitative estimate of drug-likeness (QED) is 0.127. The van der Waals surface area contributed by atoms with Crippen molar-refractivity contribution < 1.29 is 70.7 Å². The molecule has 6 fully saturated rings. The van der Waals surface area contributed by atoms with E-state index in [0.717, 1.165) is 37.0 Å². The number of nitrogens with one attached hydrogen (secondary N) is 3. The third-order valence-electron chi connectivity index (χ3n) is 23.4. The lowest BCUT2D eigenvalue weighted by Crippen LogP contribution is -2.65. The Balaban J connectivity index is 1.43. The fourth-order valence-corrected chi connectivity index (χ4v) is 16.4. The van der Waals surface area contributed by atoms with Crippen LogP contribution in [0.1, 0.15) is 203 Å². The van der Waals surface area contributed by atoms with Crippen molar-refractivity contribution in [1.29, 1.82) is 0 Å². The van der Waals surface area contributed by atoms with E-state index in [1.165, 1.54) is 103 Å². The van der Waals surface area contributed by atoms with Crippen LogP contribution in [0.3, 0.4) is 0 Å². The molecular formula is C72H118ClF3N12O12. The standard InChI is InChI=1S/C72H118ClF3N12O12/c1-16-19-20-24-52-61(91)78-59(44(5)17-2)68(98)82(11)46(7)63(93)88-38-34-54(88)67(97)84(13)55(40-48-28-26-43(4)27-29-48)66(96)81(10)42-57(89)77-51(33-31-47-30-32-49(50(73)39-47)72(74,75)76)64(94)87-37-23-25-53(87)62(92)79-71(35-21-22-36-71)70(100)86(15)60(45(6)18-3)69(99)85(14)56(65(95)80(8)9)41-58(90)83(52)12/h43-56,59-60H,16-42H2,1-15H3,(H,77,89)(H,78,91)(H,79,92)/t43?,44-,45-,46-,47?,48?,49?,50?,51-,52-,53-,54-,55-,56-,59-,60-/m0/s1. The first-order valence-electron chi connectivity index (χ1n) is 37.0. The summed E-state index contributed by atoms with van der Waals surface area (Å²) < 4.78 is 42.0. The molecule has 6 aliphatic rings.